The Kier molecular flexibility index (Phi) is 4.11. The van der Waals surface area contributed by atoms with E-state index in [2.05, 4.69) is 5.32 Å². The van der Waals surface area contributed by atoms with E-state index < -0.39 is 0 Å². The van der Waals surface area contributed by atoms with Crippen LogP contribution >= 0.6 is 0 Å². The van der Waals surface area contributed by atoms with Crippen LogP contribution in [0.25, 0.3) is 0 Å². The average Bonchev–Trinajstić information content (AvgIpc) is 2.10. The molecule has 0 saturated carbocycles. The van der Waals surface area contributed by atoms with Crippen molar-refractivity contribution in [3.8, 4) is 0 Å². The number of carbonyl (C=O) groups is 1. The summed E-state index contributed by atoms with van der Waals surface area (Å²) in [6.07, 6.45) is 0.124. The maximum Gasteiger partial charge on any atom is 0.236 e. The normalized spacial score (nSPS) is 25.3. The Morgan fingerprint density at radius 2 is 2.27 bits per heavy atom. The van der Waals surface area contributed by atoms with Gasteiger partial charge in [0, 0.05) is 13.1 Å². The smallest absolute Gasteiger partial charge is 0.236 e. The van der Waals surface area contributed by atoms with Crippen molar-refractivity contribution in [1.82, 2.24) is 10.2 Å². The Labute approximate surface area is 92.0 Å². The second-order valence-electron chi connectivity index (χ2n) is 4.74. The van der Waals surface area contributed by atoms with E-state index in [1.807, 2.05) is 32.6 Å². The third-order valence-corrected chi connectivity index (χ3v) is 2.45. The molecule has 4 heteroatoms. The van der Waals surface area contributed by atoms with E-state index in [4.69, 9.17) is 4.74 Å². The van der Waals surface area contributed by atoms with Crippen LogP contribution in [-0.2, 0) is 9.53 Å². The standard InChI is InChI=1S/C11H22N2O2/c1-5-12-6-10(14)13-7-9(2)15-11(3,4)8-13/h9,12H,5-8H2,1-4H3. The van der Waals surface area contributed by atoms with E-state index >= 15 is 0 Å². The maximum absolute atomic E-state index is 11.8. The second-order valence-corrected chi connectivity index (χ2v) is 4.74. The molecule has 1 atom stereocenters. The van der Waals surface area contributed by atoms with Crippen molar-refractivity contribution in [2.24, 2.45) is 0 Å². The van der Waals surface area contributed by atoms with Crippen LogP contribution in [0.5, 0.6) is 0 Å². The van der Waals surface area contributed by atoms with Gasteiger partial charge < -0.3 is 15.0 Å². The van der Waals surface area contributed by atoms with Gasteiger partial charge in [-0.1, -0.05) is 6.92 Å². The number of ether oxygens (including phenoxy) is 1. The summed E-state index contributed by atoms with van der Waals surface area (Å²) in [4.78, 5) is 13.7. The summed E-state index contributed by atoms with van der Waals surface area (Å²) in [5, 5.41) is 3.06. The first-order valence-electron chi connectivity index (χ1n) is 5.61. The summed E-state index contributed by atoms with van der Waals surface area (Å²) < 4.78 is 5.74. The fourth-order valence-corrected chi connectivity index (χ4v) is 1.99. The van der Waals surface area contributed by atoms with E-state index in [1.165, 1.54) is 0 Å². The van der Waals surface area contributed by atoms with E-state index in [0.717, 1.165) is 6.54 Å². The zero-order chi connectivity index (χ0) is 11.5. The number of rotatable bonds is 3. The molecule has 1 rings (SSSR count). The highest BCUT2D eigenvalue weighted by atomic mass is 16.5. The monoisotopic (exact) mass is 214 g/mol. The highest BCUT2D eigenvalue weighted by Crippen LogP contribution is 2.20. The van der Waals surface area contributed by atoms with Gasteiger partial charge in [0.2, 0.25) is 5.91 Å². The fourth-order valence-electron chi connectivity index (χ4n) is 1.99. The van der Waals surface area contributed by atoms with Crippen molar-refractivity contribution in [2.45, 2.75) is 39.4 Å². The van der Waals surface area contributed by atoms with Gasteiger partial charge >= 0.3 is 0 Å². The van der Waals surface area contributed by atoms with Gasteiger partial charge in [-0.2, -0.15) is 0 Å². The van der Waals surface area contributed by atoms with Crippen molar-refractivity contribution in [2.75, 3.05) is 26.2 Å². The van der Waals surface area contributed by atoms with Crippen LogP contribution < -0.4 is 5.32 Å². The third-order valence-electron chi connectivity index (χ3n) is 2.45. The van der Waals surface area contributed by atoms with Gasteiger partial charge in [-0.25, -0.2) is 0 Å². The number of morpholine rings is 1. The van der Waals surface area contributed by atoms with Crippen molar-refractivity contribution in [3.63, 3.8) is 0 Å². The number of hydrogen-bond acceptors (Lipinski definition) is 3. The SMILES string of the molecule is CCNCC(=O)N1CC(C)OC(C)(C)C1. The molecule has 0 bridgehead atoms. The van der Waals surface area contributed by atoms with Crippen LogP contribution in [0.1, 0.15) is 27.7 Å². The molecule has 0 radical (unpaired) electrons. The lowest BCUT2D eigenvalue weighted by Crippen LogP contribution is -2.55. The Bertz CT molecular complexity index is 229. The molecular formula is C11H22N2O2. The van der Waals surface area contributed by atoms with Gasteiger partial charge in [0.15, 0.2) is 0 Å². The lowest BCUT2D eigenvalue weighted by Gasteiger charge is -2.41. The number of nitrogens with one attached hydrogen (secondary N) is 1. The molecule has 1 aliphatic rings. The molecule has 0 aromatic carbocycles. The number of likely N-dealkylation sites (N-methyl/N-ethyl adjacent to an activating group) is 1. The molecule has 1 saturated heterocycles. The first-order valence-corrected chi connectivity index (χ1v) is 5.61. The summed E-state index contributed by atoms with van der Waals surface area (Å²) in [5.41, 5.74) is -0.223. The van der Waals surface area contributed by atoms with Crippen LogP contribution in [0.15, 0.2) is 0 Å². The quantitative estimate of drug-likeness (QED) is 0.749. The van der Waals surface area contributed by atoms with Crippen molar-refractivity contribution < 1.29 is 9.53 Å². The Hall–Kier alpha value is -0.610. The van der Waals surface area contributed by atoms with Gasteiger partial charge in [-0.05, 0) is 27.3 Å². The topological polar surface area (TPSA) is 41.6 Å². The first kappa shape index (κ1) is 12.5. The van der Waals surface area contributed by atoms with Gasteiger partial charge in [-0.15, -0.1) is 0 Å². The lowest BCUT2D eigenvalue weighted by atomic mass is 10.1. The average molecular weight is 214 g/mol. The van der Waals surface area contributed by atoms with Crippen LogP contribution in [0.3, 0.4) is 0 Å². The highest BCUT2D eigenvalue weighted by molar-refractivity contribution is 5.78. The van der Waals surface area contributed by atoms with Crippen LogP contribution in [0, 0.1) is 0 Å². The number of amides is 1. The van der Waals surface area contributed by atoms with Crippen molar-refractivity contribution in [3.05, 3.63) is 0 Å². The fraction of sp³-hybridized carbons (Fsp3) is 0.909. The van der Waals surface area contributed by atoms with Gasteiger partial charge in [0.25, 0.3) is 0 Å². The molecule has 0 aromatic rings. The van der Waals surface area contributed by atoms with Crippen LogP contribution in [0.2, 0.25) is 0 Å². The largest absolute Gasteiger partial charge is 0.369 e. The molecule has 4 nitrogen and oxygen atoms in total. The molecule has 1 fully saturated rings. The second kappa shape index (κ2) is 4.94. The summed E-state index contributed by atoms with van der Waals surface area (Å²) in [7, 11) is 0. The molecule has 0 aromatic heterocycles. The maximum atomic E-state index is 11.8. The van der Waals surface area contributed by atoms with Crippen molar-refractivity contribution in [1.29, 1.82) is 0 Å². The van der Waals surface area contributed by atoms with E-state index in [1.54, 1.807) is 0 Å². The lowest BCUT2D eigenvalue weighted by molar-refractivity contribution is -0.157. The predicted molar refractivity (Wildman–Crippen MR) is 59.7 cm³/mol. The summed E-state index contributed by atoms with van der Waals surface area (Å²) in [6.45, 7) is 10.7. The first-order chi connectivity index (χ1) is 6.94. The van der Waals surface area contributed by atoms with Crippen LogP contribution in [-0.4, -0.2) is 48.7 Å². The minimum absolute atomic E-state index is 0.124. The molecule has 1 heterocycles. The number of nitrogens with zero attached hydrogens (tertiary/aromatic N) is 1. The Balaban J connectivity index is 2.50. The van der Waals surface area contributed by atoms with Gasteiger partial charge in [-0.3, -0.25) is 4.79 Å². The van der Waals surface area contributed by atoms with E-state index in [-0.39, 0.29) is 17.6 Å². The number of carbonyl (C=O) groups excluding carboxylic acids is 1. The minimum atomic E-state index is -0.223. The van der Waals surface area contributed by atoms with Gasteiger partial charge in [0.1, 0.15) is 0 Å². The molecular weight excluding hydrogens is 192 g/mol. The summed E-state index contributed by atoms with van der Waals surface area (Å²) in [6, 6.07) is 0. The third kappa shape index (κ3) is 3.80. The van der Waals surface area contributed by atoms with E-state index in [9.17, 15) is 4.79 Å². The number of hydrogen-bond donors (Lipinski definition) is 1. The summed E-state index contributed by atoms with van der Waals surface area (Å²) >= 11 is 0. The zero-order valence-corrected chi connectivity index (χ0v) is 10.2. The molecule has 0 aliphatic carbocycles. The Morgan fingerprint density at radius 3 is 2.80 bits per heavy atom. The minimum Gasteiger partial charge on any atom is -0.369 e. The van der Waals surface area contributed by atoms with Gasteiger partial charge in [0.05, 0.1) is 18.2 Å². The molecule has 15 heavy (non-hydrogen) atoms. The zero-order valence-electron chi connectivity index (χ0n) is 10.2. The molecule has 88 valence electrons. The predicted octanol–water partition coefficient (Wildman–Crippen LogP) is 0.622. The van der Waals surface area contributed by atoms with E-state index in [0.29, 0.717) is 19.6 Å². The Morgan fingerprint density at radius 1 is 1.60 bits per heavy atom. The molecule has 1 aliphatic heterocycles. The molecule has 0 spiro atoms. The van der Waals surface area contributed by atoms with Crippen LogP contribution in [0.4, 0.5) is 0 Å². The summed E-state index contributed by atoms with van der Waals surface area (Å²) in [5.74, 6) is 0.167. The molecule has 1 N–H and O–H groups in total. The van der Waals surface area contributed by atoms with Crippen molar-refractivity contribution >= 4 is 5.91 Å². The molecule has 1 amide bonds. The molecule has 1 unspecified atom stereocenters. The highest BCUT2D eigenvalue weighted by Gasteiger charge is 2.33.